The standard InChI is InChI=1S/C17H22N4O/c1-17(2)7-4-8-19-14(17)11-21-16(22)12-5-3-6-13-15(12)20-10-9-18-13/h3,5-6,9-10,14,19H,4,7-8,11H2,1-2H3,(H,21,22). The average Bonchev–Trinajstić information content (AvgIpc) is 2.52. The largest absolute Gasteiger partial charge is 0.350 e. The molecule has 1 amide bonds. The van der Waals surface area contributed by atoms with Gasteiger partial charge in [-0.15, -0.1) is 0 Å². The summed E-state index contributed by atoms with van der Waals surface area (Å²) >= 11 is 0. The van der Waals surface area contributed by atoms with Crippen molar-refractivity contribution in [2.45, 2.75) is 32.7 Å². The number of hydrogen-bond donors (Lipinski definition) is 2. The van der Waals surface area contributed by atoms with E-state index in [0.29, 0.717) is 23.7 Å². The van der Waals surface area contributed by atoms with Gasteiger partial charge in [-0.05, 0) is 36.9 Å². The fourth-order valence-electron chi connectivity index (χ4n) is 3.09. The van der Waals surface area contributed by atoms with Crippen LogP contribution in [-0.2, 0) is 0 Å². The highest BCUT2D eigenvalue weighted by Crippen LogP contribution is 2.29. The second-order valence-corrected chi connectivity index (χ2v) is 6.54. The van der Waals surface area contributed by atoms with Crippen LogP contribution in [0.25, 0.3) is 11.0 Å². The Bertz CT molecular complexity index is 678. The lowest BCUT2D eigenvalue weighted by molar-refractivity contribution is 0.0930. The maximum Gasteiger partial charge on any atom is 0.253 e. The Morgan fingerprint density at radius 1 is 1.36 bits per heavy atom. The number of carbonyl (C=O) groups excluding carboxylic acids is 1. The molecule has 0 spiro atoms. The van der Waals surface area contributed by atoms with Gasteiger partial charge in [-0.2, -0.15) is 0 Å². The second-order valence-electron chi connectivity index (χ2n) is 6.54. The van der Waals surface area contributed by atoms with Crippen LogP contribution >= 0.6 is 0 Å². The van der Waals surface area contributed by atoms with Gasteiger partial charge in [0.25, 0.3) is 5.91 Å². The van der Waals surface area contributed by atoms with Crippen LogP contribution in [0.4, 0.5) is 0 Å². The van der Waals surface area contributed by atoms with Gasteiger partial charge in [0.1, 0.15) is 5.52 Å². The van der Waals surface area contributed by atoms with E-state index in [1.165, 1.54) is 12.8 Å². The summed E-state index contributed by atoms with van der Waals surface area (Å²) < 4.78 is 0. The van der Waals surface area contributed by atoms with E-state index in [1.54, 1.807) is 18.5 Å². The molecule has 0 radical (unpaired) electrons. The number of para-hydroxylation sites is 1. The monoisotopic (exact) mass is 298 g/mol. The molecule has 5 nitrogen and oxygen atoms in total. The molecule has 1 fully saturated rings. The van der Waals surface area contributed by atoms with Crippen LogP contribution in [0.15, 0.2) is 30.6 Å². The zero-order chi connectivity index (χ0) is 15.6. The van der Waals surface area contributed by atoms with Gasteiger partial charge in [0.15, 0.2) is 0 Å². The number of amides is 1. The van der Waals surface area contributed by atoms with E-state index in [2.05, 4.69) is 34.4 Å². The third-order valence-corrected chi connectivity index (χ3v) is 4.54. The Morgan fingerprint density at radius 3 is 3.00 bits per heavy atom. The molecule has 1 aliphatic heterocycles. The molecule has 0 saturated carbocycles. The molecule has 5 heteroatoms. The minimum atomic E-state index is -0.0886. The van der Waals surface area contributed by atoms with Crippen LogP contribution in [0.2, 0.25) is 0 Å². The maximum atomic E-state index is 12.5. The zero-order valence-electron chi connectivity index (χ0n) is 13.1. The van der Waals surface area contributed by atoms with Crippen molar-refractivity contribution < 1.29 is 4.79 Å². The van der Waals surface area contributed by atoms with Crippen LogP contribution in [0.5, 0.6) is 0 Å². The van der Waals surface area contributed by atoms with Gasteiger partial charge in [-0.25, -0.2) is 0 Å². The van der Waals surface area contributed by atoms with Crippen molar-refractivity contribution in [2.24, 2.45) is 5.41 Å². The van der Waals surface area contributed by atoms with Gasteiger partial charge < -0.3 is 10.6 Å². The summed E-state index contributed by atoms with van der Waals surface area (Å²) in [6, 6.07) is 5.80. The molecular formula is C17H22N4O. The van der Waals surface area contributed by atoms with Crippen LogP contribution in [-0.4, -0.2) is 35.0 Å². The van der Waals surface area contributed by atoms with Gasteiger partial charge in [-0.1, -0.05) is 19.9 Å². The van der Waals surface area contributed by atoms with Crippen molar-refractivity contribution in [3.8, 4) is 0 Å². The minimum Gasteiger partial charge on any atom is -0.350 e. The lowest BCUT2D eigenvalue weighted by atomic mass is 9.77. The molecule has 1 saturated heterocycles. The number of piperidine rings is 1. The van der Waals surface area contributed by atoms with Gasteiger partial charge in [-0.3, -0.25) is 14.8 Å². The molecule has 22 heavy (non-hydrogen) atoms. The van der Waals surface area contributed by atoms with Crippen molar-refractivity contribution >= 4 is 16.9 Å². The topological polar surface area (TPSA) is 66.9 Å². The summed E-state index contributed by atoms with van der Waals surface area (Å²) in [5.41, 5.74) is 2.17. The Labute approximate surface area is 130 Å². The number of rotatable bonds is 3. The number of aromatic nitrogens is 2. The van der Waals surface area contributed by atoms with Crippen molar-refractivity contribution in [1.29, 1.82) is 0 Å². The number of fused-ring (bicyclic) bond motifs is 1. The van der Waals surface area contributed by atoms with E-state index in [1.807, 2.05) is 12.1 Å². The van der Waals surface area contributed by atoms with Crippen molar-refractivity contribution in [1.82, 2.24) is 20.6 Å². The van der Waals surface area contributed by atoms with Crippen molar-refractivity contribution in [2.75, 3.05) is 13.1 Å². The normalized spacial score (nSPS) is 20.7. The number of hydrogen-bond acceptors (Lipinski definition) is 4. The number of carbonyl (C=O) groups is 1. The Balaban J connectivity index is 1.74. The van der Waals surface area contributed by atoms with E-state index >= 15 is 0 Å². The van der Waals surface area contributed by atoms with Gasteiger partial charge >= 0.3 is 0 Å². The number of benzene rings is 1. The predicted molar refractivity (Wildman–Crippen MR) is 86.7 cm³/mol. The highest BCUT2D eigenvalue weighted by molar-refractivity contribution is 6.04. The first-order valence-corrected chi connectivity index (χ1v) is 7.79. The molecule has 1 unspecified atom stereocenters. The third-order valence-electron chi connectivity index (χ3n) is 4.54. The predicted octanol–water partition coefficient (Wildman–Crippen LogP) is 2.14. The first kappa shape index (κ1) is 14.9. The van der Waals surface area contributed by atoms with Crippen LogP contribution in [0.3, 0.4) is 0 Å². The van der Waals surface area contributed by atoms with Crippen molar-refractivity contribution in [3.05, 3.63) is 36.2 Å². The highest BCUT2D eigenvalue weighted by Gasteiger charge is 2.32. The molecule has 0 bridgehead atoms. The molecule has 0 aliphatic carbocycles. The number of nitrogens with zero attached hydrogens (tertiary/aromatic N) is 2. The van der Waals surface area contributed by atoms with E-state index in [-0.39, 0.29) is 11.3 Å². The van der Waals surface area contributed by atoms with Crippen LogP contribution < -0.4 is 10.6 Å². The summed E-state index contributed by atoms with van der Waals surface area (Å²) in [6.07, 6.45) is 5.63. The SMILES string of the molecule is CC1(C)CCCNC1CNC(=O)c1cccc2nccnc12. The minimum absolute atomic E-state index is 0.0886. The summed E-state index contributed by atoms with van der Waals surface area (Å²) in [6.45, 7) is 6.14. The zero-order valence-corrected chi connectivity index (χ0v) is 13.1. The lowest BCUT2D eigenvalue weighted by Crippen LogP contribution is -2.52. The molecule has 116 valence electrons. The summed E-state index contributed by atoms with van der Waals surface area (Å²) in [5.74, 6) is -0.0886. The first-order chi connectivity index (χ1) is 10.6. The molecule has 1 aliphatic rings. The molecule has 2 N–H and O–H groups in total. The molecule has 2 heterocycles. The van der Waals surface area contributed by atoms with Gasteiger partial charge in [0, 0.05) is 25.0 Å². The summed E-state index contributed by atoms with van der Waals surface area (Å²) in [5, 5.41) is 6.56. The van der Waals surface area contributed by atoms with Crippen molar-refractivity contribution in [3.63, 3.8) is 0 Å². The highest BCUT2D eigenvalue weighted by atomic mass is 16.1. The van der Waals surface area contributed by atoms with E-state index in [4.69, 9.17) is 0 Å². The van der Waals surface area contributed by atoms with E-state index in [9.17, 15) is 4.79 Å². The Morgan fingerprint density at radius 2 is 2.18 bits per heavy atom. The quantitative estimate of drug-likeness (QED) is 0.911. The van der Waals surface area contributed by atoms with E-state index < -0.39 is 0 Å². The fraction of sp³-hybridized carbons (Fsp3) is 0.471. The summed E-state index contributed by atoms with van der Waals surface area (Å²) in [7, 11) is 0. The smallest absolute Gasteiger partial charge is 0.253 e. The van der Waals surface area contributed by atoms with Gasteiger partial charge in [0.05, 0.1) is 11.1 Å². The lowest BCUT2D eigenvalue weighted by Gasteiger charge is -2.39. The molecule has 1 aromatic heterocycles. The number of nitrogens with one attached hydrogen (secondary N) is 2. The third kappa shape index (κ3) is 2.95. The van der Waals surface area contributed by atoms with Crippen LogP contribution in [0.1, 0.15) is 37.0 Å². The molecular weight excluding hydrogens is 276 g/mol. The molecule has 2 aromatic rings. The Kier molecular flexibility index (Phi) is 4.07. The fourth-order valence-corrected chi connectivity index (χ4v) is 3.09. The molecule has 3 rings (SSSR count). The molecule has 1 aromatic carbocycles. The van der Waals surface area contributed by atoms with Crippen LogP contribution in [0, 0.1) is 5.41 Å². The first-order valence-electron chi connectivity index (χ1n) is 7.79. The second kappa shape index (κ2) is 6.01. The maximum absolute atomic E-state index is 12.5. The van der Waals surface area contributed by atoms with E-state index in [0.717, 1.165) is 12.1 Å². The summed E-state index contributed by atoms with van der Waals surface area (Å²) in [4.78, 5) is 21.0. The average molecular weight is 298 g/mol. The van der Waals surface area contributed by atoms with Gasteiger partial charge in [0.2, 0.25) is 0 Å². The molecule has 1 atom stereocenters. The Hall–Kier alpha value is -2.01.